The van der Waals surface area contributed by atoms with Crippen molar-refractivity contribution >= 4 is 23.2 Å². The summed E-state index contributed by atoms with van der Waals surface area (Å²) in [7, 11) is 0. The number of carbonyl (C=O) groups is 2. The second-order valence-electron chi connectivity index (χ2n) is 4.86. The van der Waals surface area contributed by atoms with E-state index in [1.807, 2.05) is 13.0 Å². The van der Waals surface area contributed by atoms with E-state index >= 15 is 0 Å². The zero-order chi connectivity index (χ0) is 16.1. The summed E-state index contributed by atoms with van der Waals surface area (Å²) in [6, 6.07) is 13.8. The van der Waals surface area contributed by atoms with E-state index < -0.39 is 11.8 Å². The monoisotopic (exact) mass is 298 g/mol. The lowest BCUT2D eigenvalue weighted by Crippen LogP contribution is -2.39. The Balaban J connectivity index is 2.18. The Morgan fingerprint density at radius 2 is 1.82 bits per heavy atom. The average Bonchev–Trinajstić information content (AvgIpc) is 2.52. The molecule has 2 aromatic rings. The molecule has 0 heterocycles. The number of phenolic OH excluding ortho intramolecular Hbond substituents is 1. The molecule has 0 saturated heterocycles. The van der Waals surface area contributed by atoms with E-state index in [0.29, 0.717) is 12.2 Å². The van der Waals surface area contributed by atoms with Crippen molar-refractivity contribution in [3.05, 3.63) is 54.1 Å². The molecule has 2 rings (SSSR count). The van der Waals surface area contributed by atoms with Crippen molar-refractivity contribution in [3.8, 4) is 5.75 Å². The number of amides is 2. The minimum absolute atomic E-state index is 0.0745. The Hall–Kier alpha value is -2.82. The van der Waals surface area contributed by atoms with Crippen LogP contribution >= 0.6 is 0 Å². The first kappa shape index (κ1) is 15.6. The van der Waals surface area contributed by atoms with Crippen LogP contribution in [0, 0.1) is 6.92 Å². The predicted octanol–water partition coefficient (Wildman–Crippen LogP) is 2.69. The quantitative estimate of drug-likeness (QED) is 0.676. The molecule has 0 aliphatic rings. The number of aryl methyl sites for hydroxylation is 1. The van der Waals surface area contributed by atoms with Gasteiger partial charge in [-0.25, -0.2) is 0 Å². The van der Waals surface area contributed by atoms with Gasteiger partial charge < -0.3 is 15.3 Å². The van der Waals surface area contributed by atoms with Gasteiger partial charge in [-0.2, -0.15) is 0 Å². The molecule has 0 aliphatic carbocycles. The molecule has 0 bridgehead atoms. The largest absolute Gasteiger partial charge is 0.506 e. The topological polar surface area (TPSA) is 69.6 Å². The minimum atomic E-state index is -0.786. The second-order valence-corrected chi connectivity index (χ2v) is 4.86. The maximum atomic E-state index is 12.3. The highest BCUT2D eigenvalue weighted by atomic mass is 16.3. The maximum absolute atomic E-state index is 12.3. The van der Waals surface area contributed by atoms with E-state index in [2.05, 4.69) is 5.32 Å². The molecule has 2 aromatic carbocycles. The maximum Gasteiger partial charge on any atom is 0.316 e. The molecule has 5 heteroatoms. The zero-order valence-corrected chi connectivity index (χ0v) is 12.5. The molecule has 0 atom stereocenters. The lowest BCUT2D eigenvalue weighted by atomic mass is 10.2. The van der Waals surface area contributed by atoms with Crippen LogP contribution in [0.4, 0.5) is 11.4 Å². The molecule has 0 aliphatic heterocycles. The van der Waals surface area contributed by atoms with Crippen LogP contribution in [0.3, 0.4) is 0 Å². The van der Waals surface area contributed by atoms with Gasteiger partial charge in [0.2, 0.25) is 0 Å². The van der Waals surface area contributed by atoms with Crippen molar-refractivity contribution in [2.24, 2.45) is 0 Å². The van der Waals surface area contributed by atoms with Gasteiger partial charge in [-0.1, -0.05) is 24.3 Å². The summed E-state index contributed by atoms with van der Waals surface area (Å²) < 4.78 is 0. The van der Waals surface area contributed by atoms with Gasteiger partial charge in [-0.15, -0.1) is 0 Å². The molecule has 114 valence electrons. The van der Waals surface area contributed by atoms with E-state index in [4.69, 9.17) is 0 Å². The molecule has 0 fully saturated rings. The van der Waals surface area contributed by atoms with Crippen molar-refractivity contribution in [3.63, 3.8) is 0 Å². The van der Waals surface area contributed by atoms with Crippen molar-refractivity contribution in [2.75, 3.05) is 16.8 Å². The minimum Gasteiger partial charge on any atom is -0.506 e. The van der Waals surface area contributed by atoms with Crippen LogP contribution < -0.4 is 10.2 Å². The Bertz CT molecular complexity index is 684. The van der Waals surface area contributed by atoms with Crippen molar-refractivity contribution in [1.29, 1.82) is 0 Å². The van der Waals surface area contributed by atoms with Crippen LogP contribution in [0.25, 0.3) is 0 Å². The highest BCUT2D eigenvalue weighted by Crippen LogP contribution is 2.24. The van der Waals surface area contributed by atoms with Gasteiger partial charge in [0.05, 0.1) is 5.69 Å². The number of benzene rings is 2. The third-order valence-electron chi connectivity index (χ3n) is 3.22. The summed E-state index contributed by atoms with van der Waals surface area (Å²) in [5.74, 6) is -1.53. The van der Waals surface area contributed by atoms with E-state index in [9.17, 15) is 14.7 Å². The normalized spacial score (nSPS) is 10.1. The highest BCUT2D eigenvalue weighted by molar-refractivity contribution is 6.44. The molecular formula is C17H18N2O3. The summed E-state index contributed by atoms with van der Waals surface area (Å²) in [4.78, 5) is 25.8. The fourth-order valence-electron chi connectivity index (χ4n) is 2.10. The third-order valence-corrected chi connectivity index (χ3v) is 3.22. The van der Waals surface area contributed by atoms with Crippen molar-refractivity contribution < 1.29 is 14.7 Å². The molecular weight excluding hydrogens is 280 g/mol. The van der Waals surface area contributed by atoms with E-state index in [0.717, 1.165) is 5.56 Å². The zero-order valence-electron chi connectivity index (χ0n) is 12.5. The Labute approximate surface area is 129 Å². The molecule has 0 radical (unpaired) electrons. The number of para-hydroxylation sites is 1. The third kappa shape index (κ3) is 3.44. The number of phenols is 1. The Kier molecular flexibility index (Phi) is 4.78. The number of hydrogen-bond donors (Lipinski definition) is 2. The van der Waals surface area contributed by atoms with Crippen LogP contribution in [0.1, 0.15) is 12.5 Å². The van der Waals surface area contributed by atoms with Crippen LogP contribution in [-0.4, -0.2) is 23.5 Å². The summed E-state index contributed by atoms with van der Waals surface area (Å²) in [5, 5.41) is 12.2. The van der Waals surface area contributed by atoms with Crippen LogP contribution in [-0.2, 0) is 9.59 Å². The number of nitrogens with zero attached hydrogens (tertiary/aromatic N) is 1. The second kappa shape index (κ2) is 6.76. The van der Waals surface area contributed by atoms with Gasteiger partial charge in [0.25, 0.3) is 0 Å². The average molecular weight is 298 g/mol. The van der Waals surface area contributed by atoms with Crippen molar-refractivity contribution in [2.45, 2.75) is 13.8 Å². The Morgan fingerprint density at radius 1 is 1.14 bits per heavy atom. The van der Waals surface area contributed by atoms with Gasteiger partial charge in [-0.05, 0) is 43.7 Å². The number of likely N-dealkylation sites (N-methyl/N-ethyl adjacent to an activating group) is 1. The fraction of sp³-hybridized carbons (Fsp3) is 0.176. The molecule has 0 saturated carbocycles. The summed E-state index contributed by atoms with van der Waals surface area (Å²) in [6.45, 7) is 4.00. The first-order chi connectivity index (χ1) is 10.5. The highest BCUT2D eigenvalue weighted by Gasteiger charge is 2.22. The predicted molar refractivity (Wildman–Crippen MR) is 85.9 cm³/mol. The number of carbonyl (C=O) groups excluding carboxylic acids is 2. The standard InChI is InChI=1S/C17H18N2O3/c1-3-19(13-7-5-4-6-8-13)17(22)16(21)18-14-11-12(2)9-10-15(14)20/h4-11,20H,3H2,1-2H3,(H,18,21). The van der Waals surface area contributed by atoms with Crippen molar-refractivity contribution in [1.82, 2.24) is 0 Å². The summed E-state index contributed by atoms with van der Waals surface area (Å²) >= 11 is 0. The smallest absolute Gasteiger partial charge is 0.316 e. The van der Waals surface area contributed by atoms with Crippen LogP contribution in [0.5, 0.6) is 5.75 Å². The van der Waals surface area contributed by atoms with E-state index in [1.54, 1.807) is 43.3 Å². The first-order valence-electron chi connectivity index (χ1n) is 7.00. The number of anilines is 2. The summed E-state index contributed by atoms with van der Waals surface area (Å²) in [5.41, 5.74) is 1.75. The SMILES string of the molecule is CCN(C(=O)C(=O)Nc1cc(C)ccc1O)c1ccccc1. The lowest BCUT2D eigenvalue weighted by Gasteiger charge is -2.20. The van der Waals surface area contributed by atoms with Gasteiger partial charge in [0.1, 0.15) is 5.75 Å². The number of rotatable bonds is 3. The van der Waals surface area contributed by atoms with Gasteiger partial charge in [-0.3, -0.25) is 9.59 Å². The van der Waals surface area contributed by atoms with E-state index in [1.165, 1.54) is 11.0 Å². The first-order valence-corrected chi connectivity index (χ1v) is 7.00. The lowest BCUT2D eigenvalue weighted by molar-refractivity contribution is -0.134. The molecule has 2 N–H and O–H groups in total. The van der Waals surface area contributed by atoms with Gasteiger partial charge >= 0.3 is 11.8 Å². The Morgan fingerprint density at radius 3 is 2.45 bits per heavy atom. The number of hydrogen-bond acceptors (Lipinski definition) is 3. The molecule has 22 heavy (non-hydrogen) atoms. The van der Waals surface area contributed by atoms with Crippen LogP contribution in [0.15, 0.2) is 48.5 Å². The van der Waals surface area contributed by atoms with E-state index in [-0.39, 0.29) is 11.4 Å². The molecule has 0 unspecified atom stereocenters. The number of aromatic hydroxyl groups is 1. The van der Waals surface area contributed by atoms with Gasteiger partial charge in [0, 0.05) is 12.2 Å². The fourth-order valence-corrected chi connectivity index (χ4v) is 2.10. The van der Waals surface area contributed by atoms with Gasteiger partial charge in [0.15, 0.2) is 0 Å². The molecule has 5 nitrogen and oxygen atoms in total. The molecule has 0 aromatic heterocycles. The summed E-state index contributed by atoms with van der Waals surface area (Å²) in [6.07, 6.45) is 0. The van der Waals surface area contributed by atoms with Crippen LogP contribution in [0.2, 0.25) is 0 Å². The molecule has 0 spiro atoms. The number of nitrogens with one attached hydrogen (secondary N) is 1. The molecule has 2 amide bonds.